The SMILES string of the molecule is C=CC(=O)OCCCCC.N#CC#N. The van der Waals surface area contributed by atoms with Crippen molar-refractivity contribution >= 4 is 5.97 Å². The van der Waals surface area contributed by atoms with Gasteiger partial charge in [-0.1, -0.05) is 26.3 Å². The molecule has 0 aromatic heterocycles. The molecule has 0 heterocycles. The molecule has 0 saturated heterocycles. The zero-order chi connectivity index (χ0) is 11.2. The lowest BCUT2D eigenvalue weighted by Crippen LogP contribution is -2.01. The molecule has 0 bridgehead atoms. The fourth-order valence-electron chi connectivity index (χ4n) is 0.584. The maximum absolute atomic E-state index is 10.4. The molecule has 0 aliphatic carbocycles. The number of rotatable bonds is 5. The Hall–Kier alpha value is -1.81. The summed E-state index contributed by atoms with van der Waals surface area (Å²) in [5, 5.41) is 14.5. The van der Waals surface area contributed by atoms with Gasteiger partial charge in [0, 0.05) is 6.08 Å². The molecule has 0 unspecified atom stereocenters. The highest BCUT2D eigenvalue weighted by molar-refractivity contribution is 5.81. The first-order chi connectivity index (χ1) is 6.72. The second kappa shape index (κ2) is 13.8. The highest BCUT2D eigenvalue weighted by atomic mass is 16.5. The van der Waals surface area contributed by atoms with E-state index >= 15 is 0 Å². The second-order valence-corrected chi connectivity index (χ2v) is 2.30. The van der Waals surface area contributed by atoms with E-state index in [4.69, 9.17) is 15.3 Å². The van der Waals surface area contributed by atoms with E-state index in [1.165, 1.54) is 18.2 Å². The summed E-state index contributed by atoms with van der Waals surface area (Å²) >= 11 is 0. The number of carbonyl (C=O) groups excluding carboxylic acids is 1. The molecule has 14 heavy (non-hydrogen) atoms. The van der Waals surface area contributed by atoms with Gasteiger partial charge in [0.15, 0.2) is 12.1 Å². The van der Waals surface area contributed by atoms with Crippen molar-refractivity contribution in [2.24, 2.45) is 0 Å². The van der Waals surface area contributed by atoms with Crippen LogP contribution in [0.1, 0.15) is 26.2 Å². The lowest BCUT2D eigenvalue weighted by Gasteiger charge is -1.98. The molecule has 0 atom stereocenters. The van der Waals surface area contributed by atoms with Gasteiger partial charge in [-0.2, -0.15) is 10.5 Å². The number of hydrogen-bond acceptors (Lipinski definition) is 4. The molecule has 76 valence electrons. The maximum Gasteiger partial charge on any atom is 0.330 e. The number of nitrogens with zero attached hydrogens (tertiary/aromatic N) is 2. The summed E-state index contributed by atoms with van der Waals surface area (Å²) in [5.41, 5.74) is 0. The van der Waals surface area contributed by atoms with E-state index in [9.17, 15) is 4.79 Å². The molecule has 0 rings (SSSR count). The van der Waals surface area contributed by atoms with E-state index in [2.05, 4.69) is 13.5 Å². The van der Waals surface area contributed by atoms with Gasteiger partial charge in [-0.3, -0.25) is 0 Å². The number of carbonyl (C=O) groups is 1. The number of esters is 1. The second-order valence-electron chi connectivity index (χ2n) is 2.30. The molecule has 0 aromatic carbocycles. The summed E-state index contributed by atoms with van der Waals surface area (Å²) in [6.45, 7) is 5.92. The monoisotopic (exact) mass is 194 g/mol. The van der Waals surface area contributed by atoms with Crippen molar-refractivity contribution in [3.05, 3.63) is 12.7 Å². The van der Waals surface area contributed by atoms with Gasteiger partial charge in [0.2, 0.25) is 0 Å². The zero-order valence-electron chi connectivity index (χ0n) is 8.32. The normalized spacial score (nSPS) is 7.07. The van der Waals surface area contributed by atoms with Gasteiger partial charge in [0.05, 0.1) is 6.61 Å². The molecular formula is C10H14N2O2. The van der Waals surface area contributed by atoms with Crippen LogP contribution in [0.15, 0.2) is 12.7 Å². The Morgan fingerprint density at radius 1 is 1.43 bits per heavy atom. The average molecular weight is 194 g/mol. The summed E-state index contributed by atoms with van der Waals surface area (Å²) in [6, 6.07) is 2.47. The molecule has 0 fully saturated rings. The van der Waals surface area contributed by atoms with Crippen LogP contribution in [-0.4, -0.2) is 12.6 Å². The van der Waals surface area contributed by atoms with Gasteiger partial charge in [0.25, 0.3) is 0 Å². The summed E-state index contributed by atoms with van der Waals surface area (Å²) in [5.74, 6) is -0.323. The fourth-order valence-corrected chi connectivity index (χ4v) is 0.584. The van der Waals surface area contributed by atoms with Crippen molar-refractivity contribution < 1.29 is 9.53 Å². The van der Waals surface area contributed by atoms with E-state index in [0.717, 1.165) is 19.3 Å². The Bertz CT molecular complexity index is 223. The van der Waals surface area contributed by atoms with E-state index in [1.807, 2.05) is 0 Å². The molecule has 0 radical (unpaired) electrons. The van der Waals surface area contributed by atoms with Gasteiger partial charge < -0.3 is 4.74 Å². The maximum atomic E-state index is 10.4. The molecule has 0 saturated carbocycles. The minimum atomic E-state index is -0.323. The highest BCUT2D eigenvalue weighted by Crippen LogP contribution is 1.94. The summed E-state index contributed by atoms with van der Waals surface area (Å²) in [7, 11) is 0. The van der Waals surface area contributed by atoms with Crippen molar-refractivity contribution in [3.63, 3.8) is 0 Å². The third-order valence-corrected chi connectivity index (χ3v) is 1.21. The average Bonchev–Trinajstić information content (AvgIpc) is 2.24. The van der Waals surface area contributed by atoms with Gasteiger partial charge in [0.1, 0.15) is 0 Å². The molecule has 0 spiro atoms. The Morgan fingerprint density at radius 2 is 2.00 bits per heavy atom. The Balaban J connectivity index is 0. The first kappa shape index (κ1) is 14.7. The molecular weight excluding hydrogens is 180 g/mol. The van der Waals surface area contributed by atoms with Gasteiger partial charge >= 0.3 is 5.97 Å². The van der Waals surface area contributed by atoms with Gasteiger partial charge in [-0.25, -0.2) is 4.79 Å². The van der Waals surface area contributed by atoms with Crippen LogP contribution in [0, 0.1) is 22.7 Å². The number of nitriles is 2. The molecule has 0 aromatic rings. The predicted molar refractivity (Wildman–Crippen MR) is 51.9 cm³/mol. The molecule has 0 aliphatic rings. The van der Waals surface area contributed by atoms with Crippen molar-refractivity contribution in [1.29, 1.82) is 10.5 Å². The van der Waals surface area contributed by atoms with E-state index < -0.39 is 0 Å². The van der Waals surface area contributed by atoms with Crippen LogP contribution in [0.2, 0.25) is 0 Å². The third kappa shape index (κ3) is 16.6. The fraction of sp³-hybridized carbons (Fsp3) is 0.500. The van der Waals surface area contributed by atoms with Crippen LogP contribution in [-0.2, 0) is 9.53 Å². The molecule has 0 aliphatic heterocycles. The van der Waals surface area contributed by atoms with E-state index in [1.54, 1.807) is 0 Å². The van der Waals surface area contributed by atoms with Crippen LogP contribution in [0.25, 0.3) is 0 Å². The summed E-state index contributed by atoms with van der Waals surface area (Å²) in [4.78, 5) is 10.4. The highest BCUT2D eigenvalue weighted by Gasteiger charge is 1.92. The van der Waals surface area contributed by atoms with E-state index in [0.29, 0.717) is 6.61 Å². The van der Waals surface area contributed by atoms with Crippen LogP contribution in [0.3, 0.4) is 0 Å². The van der Waals surface area contributed by atoms with Crippen molar-refractivity contribution in [2.75, 3.05) is 6.61 Å². The Morgan fingerprint density at radius 3 is 2.36 bits per heavy atom. The predicted octanol–water partition coefficient (Wildman–Crippen LogP) is 1.94. The van der Waals surface area contributed by atoms with Crippen molar-refractivity contribution in [1.82, 2.24) is 0 Å². The summed E-state index contributed by atoms with van der Waals surface area (Å²) < 4.78 is 4.74. The number of hydrogen-bond donors (Lipinski definition) is 0. The van der Waals surface area contributed by atoms with Crippen LogP contribution in [0.5, 0.6) is 0 Å². The Kier molecular flexibility index (Phi) is 14.4. The minimum absolute atomic E-state index is 0.323. The first-order valence-electron chi connectivity index (χ1n) is 4.30. The first-order valence-corrected chi connectivity index (χ1v) is 4.30. The molecule has 0 amide bonds. The minimum Gasteiger partial charge on any atom is -0.463 e. The van der Waals surface area contributed by atoms with E-state index in [-0.39, 0.29) is 5.97 Å². The molecule has 4 heteroatoms. The zero-order valence-corrected chi connectivity index (χ0v) is 8.32. The van der Waals surface area contributed by atoms with Crippen LogP contribution < -0.4 is 0 Å². The standard InChI is InChI=1S/C8H14O2.C2N2/c1-3-5-6-7-10-8(9)4-2;3-1-2-4/h4H,2-3,5-7H2,1H3;. The lowest BCUT2D eigenvalue weighted by atomic mass is 10.3. The van der Waals surface area contributed by atoms with Crippen LogP contribution in [0.4, 0.5) is 0 Å². The van der Waals surface area contributed by atoms with Crippen LogP contribution >= 0.6 is 0 Å². The molecule has 4 nitrogen and oxygen atoms in total. The number of unbranched alkanes of at least 4 members (excludes halogenated alkanes) is 2. The Labute approximate surface area is 84.4 Å². The van der Waals surface area contributed by atoms with Crippen molar-refractivity contribution in [2.45, 2.75) is 26.2 Å². The smallest absolute Gasteiger partial charge is 0.330 e. The van der Waals surface area contributed by atoms with Crippen molar-refractivity contribution in [3.8, 4) is 12.1 Å². The lowest BCUT2D eigenvalue weighted by molar-refractivity contribution is -0.137. The molecule has 0 N–H and O–H groups in total. The third-order valence-electron chi connectivity index (χ3n) is 1.21. The summed E-state index contributed by atoms with van der Waals surface area (Å²) in [6.07, 6.45) is 4.40. The topological polar surface area (TPSA) is 73.9 Å². The van der Waals surface area contributed by atoms with Gasteiger partial charge in [-0.05, 0) is 6.42 Å². The van der Waals surface area contributed by atoms with Gasteiger partial charge in [-0.15, -0.1) is 0 Å². The quantitative estimate of drug-likeness (QED) is 0.381. The largest absolute Gasteiger partial charge is 0.463 e. The number of ether oxygens (including phenoxy) is 1.